The van der Waals surface area contributed by atoms with Crippen molar-refractivity contribution < 1.29 is 14.3 Å². The minimum atomic E-state index is -0.242. The number of esters is 1. The van der Waals surface area contributed by atoms with Crippen molar-refractivity contribution in [3.63, 3.8) is 0 Å². The zero-order chi connectivity index (χ0) is 11.3. The summed E-state index contributed by atoms with van der Waals surface area (Å²) in [7, 11) is 1.65. The molecule has 0 spiro atoms. The molecule has 0 saturated heterocycles. The summed E-state index contributed by atoms with van der Waals surface area (Å²) in [5, 5.41) is 0. The molecule has 1 aromatic carbocycles. The number of ether oxygens (including phenoxy) is 2. The highest BCUT2D eigenvalue weighted by Crippen LogP contribution is 2.19. The first kappa shape index (κ1) is 11.6. The van der Waals surface area contributed by atoms with Gasteiger partial charge in [0.05, 0.1) is 13.7 Å². The van der Waals surface area contributed by atoms with E-state index in [1.807, 2.05) is 25.1 Å². The lowest BCUT2D eigenvalue weighted by Crippen LogP contribution is -2.03. The van der Waals surface area contributed by atoms with Crippen LogP contribution in [0, 0.1) is 6.92 Å². The smallest absolute Gasteiger partial charge is 0.302 e. The fraction of sp³-hybridized carbons (Fsp3) is 0.417. The van der Waals surface area contributed by atoms with Crippen LogP contribution in [-0.2, 0) is 16.0 Å². The summed E-state index contributed by atoms with van der Waals surface area (Å²) in [4.78, 5) is 10.6. The first-order valence-corrected chi connectivity index (χ1v) is 4.90. The molecule has 0 heterocycles. The van der Waals surface area contributed by atoms with Crippen molar-refractivity contribution >= 4 is 5.97 Å². The lowest BCUT2D eigenvalue weighted by atomic mass is 10.1. The van der Waals surface area contributed by atoms with Gasteiger partial charge >= 0.3 is 5.97 Å². The number of hydrogen-bond donors (Lipinski definition) is 0. The Bertz CT molecular complexity index is 345. The Hall–Kier alpha value is -1.51. The van der Waals surface area contributed by atoms with Gasteiger partial charge in [-0.05, 0) is 24.1 Å². The number of carbonyl (C=O) groups is 1. The van der Waals surface area contributed by atoms with E-state index in [4.69, 9.17) is 9.47 Å². The summed E-state index contributed by atoms with van der Waals surface area (Å²) in [5.74, 6) is 0.629. The molecule has 0 atom stereocenters. The molecule has 0 N–H and O–H groups in total. The van der Waals surface area contributed by atoms with E-state index in [9.17, 15) is 4.79 Å². The molecule has 1 rings (SSSR count). The van der Waals surface area contributed by atoms with Crippen molar-refractivity contribution in [1.82, 2.24) is 0 Å². The Morgan fingerprint density at radius 3 is 2.73 bits per heavy atom. The number of rotatable bonds is 4. The van der Waals surface area contributed by atoms with Crippen LogP contribution in [0.25, 0.3) is 0 Å². The Balaban J connectivity index is 2.58. The van der Waals surface area contributed by atoms with Gasteiger partial charge in [-0.2, -0.15) is 0 Å². The topological polar surface area (TPSA) is 35.5 Å². The Morgan fingerprint density at radius 2 is 2.13 bits per heavy atom. The van der Waals surface area contributed by atoms with Gasteiger partial charge in [0.25, 0.3) is 0 Å². The highest BCUT2D eigenvalue weighted by Gasteiger charge is 2.01. The summed E-state index contributed by atoms with van der Waals surface area (Å²) >= 11 is 0. The second kappa shape index (κ2) is 5.39. The van der Waals surface area contributed by atoms with E-state index in [0.717, 1.165) is 23.3 Å². The van der Waals surface area contributed by atoms with E-state index in [-0.39, 0.29) is 5.97 Å². The maximum atomic E-state index is 10.6. The van der Waals surface area contributed by atoms with Gasteiger partial charge < -0.3 is 9.47 Å². The van der Waals surface area contributed by atoms with E-state index >= 15 is 0 Å². The zero-order valence-corrected chi connectivity index (χ0v) is 9.37. The minimum Gasteiger partial charge on any atom is -0.496 e. The molecule has 15 heavy (non-hydrogen) atoms. The second-order valence-electron chi connectivity index (χ2n) is 3.39. The predicted octanol–water partition coefficient (Wildman–Crippen LogP) is 2.11. The van der Waals surface area contributed by atoms with Gasteiger partial charge in [0.15, 0.2) is 0 Å². The number of hydrogen-bond acceptors (Lipinski definition) is 3. The van der Waals surface area contributed by atoms with Crippen molar-refractivity contribution in [2.75, 3.05) is 13.7 Å². The number of carbonyl (C=O) groups excluding carboxylic acids is 1. The predicted molar refractivity (Wildman–Crippen MR) is 58.1 cm³/mol. The van der Waals surface area contributed by atoms with Gasteiger partial charge in [0, 0.05) is 13.3 Å². The largest absolute Gasteiger partial charge is 0.496 e. The van der Waals surface area contributed by atoms with E-state index < -0.39 is 0 Å². The summed E-state index contributed by atoms with van der Waals surface area (Å²) in [5.41, 5.74) is 2.22. The molecule has 0 unspecified atom stereocenters. The summed E-state index contributed by atoms with van der Waals surface area (Å²) in [6, 6.07) is 5.99. The Kier molecular flexibility index (Phi) is 4.16. The first-order chi connectivity index (χ1) is 7.13. The van der Waals surface area contributed by atoms with Crippen molar-refractivity contribution in [1.29, 1.82) is 0 Å². The quantitative estimate of drug-likeness (QED) is 0.711. The lowest BCUT2D eigenvalue weighted by Gasteiger charge is -2.07. The lowest BCUT2D eigenvalue weighted by molar-refractivity contribution is -0.140. The molecule has 0 radical (unpaired) electrons. The summed E-state index contributed by atoms with van der Waals surface area (Å²) in [6.45, 7) is 3.83. The average Bonchev–Trinajstić information content (AvgIpc) is 2.20. The van der Waals surface area contributed by atoms with Crippen LogP contribution in [0.1, 0.15) is 18.1 Å². The van der Waals surface area contributed by atoms with Crippen LogP contribution >= 0.6 is 0 Å². The molecule has 0 saturated carbocycles. The maximum Gasteiger partial charge on any atom is 0.302 e. The molecule has 0 amide bonds. The first-order valence-electron chi connectivity index (χ1n) is 4.90. The molecule has 1 aromatic rings. The second-order valence-corrected chi connectivity index (χ2v) is 3.39. The van der Waals surface area contributed by atoms with Gasteiger partial charge in [-0.25, -0.2) is 0 Å². The van der Waals surface area contributed by atoms with Crippen molar-refractivity contribution in [2.24, 2.45) is 0 Å². The molecule has 82 valence electrons. The number of methoxy groups -OCH3 is 1. The van der Waals surface area contributed by atoms with Crippen LogP contribution in [-0.4, -0.2) is 19.7 Å². The summed E-state index contributed by atoms with van der Waals surface area (Å²) < 4.78 is 10.1. The number of aryl methyl sites for hydroxylation is 1. The van der Waals surface area contributed by atoms with Crippen LogP contribution < -0.4 is 4.74 Å². The van der Waals surface area contributed by atoms with Gasteiger partial charge in [-0.1, -0.05) is 12.1 Å². The molecular formula is C12H16O3. The molecule has 0 aliphatic rings. The molecule has 0 bridgehead atoms. The van der Waals surface area contributed by atoms with E-state index in [2.05, 4.69) is 0 Å². The third-order valence-electron chi connectivity index (χ3n) is 2.17. The molecule has 3 heteroatoms. The van der Waals surface area contributed by atoms with Crippen LogP contribution in [0.4, 0.5) is 0 Å². The van der Waals surface area contributed by atoms with Crippen LogP contribution in [0.3, 0.4) is 0 Å². The summed E-state index contributed by atoms with van der Waals surface area (Å²) in [6.07, 6.45) is 0.718. The number of benzene rings is 1. The Morgan fingerprint density at radius 1 is 1.40 bits per heavy atom. The monoisotopic (exact) mass is 208 g/mol. The zero-order valence-electron chi connectivity index (χ0n) is 9.37. The Labute approximate surface area is 90.0 Å². The van der Waals surface area contributed by atoms with Crippen LogP contribution in [0.15, 0.2) is 18.2 Å². The highest BCUT2D eigenvalue weighted by molar-refractivity contribution is 5.65. The fourth-order valence-corrected chi connectivity index (χ4v) is 1.33. The van der Waals surface area contributed by atoms with E-state index in [1.165, 1.54) is 6.92 Å². The molecule has 0 aromatic heterocycles. The van der Waals surface area contributed by atoms with Crippen LogP contribution in [0.2, 0.25) is 0 Å². The highest BCUT2D eigenvalue weighted by atomic mass is 16.5. The van der Waals surface area contributed by atoms with Gasteiger partial charge in [-0.3, -0.25) is 4.79 Å². The maximum absolute atomic E-state index is 10.6. The van der Waals surface area contributed by atoms with E-state index in [1.54, 1.807) is 7.11 Å². The van der Waals surface area contributed by atoms with Crippen LogP contribution in [0.5, 0.6) is 5.75 Å². The third kappa shape index (κ3) is 3.62. The normalized spacial score (nSPS) is 9.80. The van der Waals surface area contributed by atoms with Crippen molar-refractivity contribution in [3.05, 3.63) is 29.3 Å². The SMILES string of the molecule is COc1cc(CCOC(C)=O)ccc1C. The van der Waals surface area contributed by atoms with E-state index in [0.29, 0.717) is 6.61 Å². The third-order valence-corrected chi connectivity index (χ3v) is 2.17. The minimum absolute atomic E-state index is 0.242. The molecule has 0 fully saturated rings. The molecule has 0 aliphatic heterocycles. The molecular weight excluding hydrogens is 192 g/mol. The molecule has 0 aliphatic carbocycles. The van der Waals surface area contributed by atoms with Gasteiger partial charge in [0.1, 0.15) is 5.75 Å². The fourth-order valence-electron chi connectivity index (χ4n) is 1.33. The van der Waals surface area contributed by atoms with Gasteiger partial charge in [-0.15, -0.1) is 0 Å². The van der Waals surface area contributed by atoms with Crippen molar-refractivity contribution in [3.8, 4) is 5.75 Å². The molecule has 3 nitrogen and oxygen atoms in total. The van der Waals surface area contributed by atoms with Crippen molar-refractivity contribution in [2.45, 2.75) is 20.3 Å². The standard InChI is InChI=1S/C12H16O3/c1-9-4-5-11(8-12(9)14-3)6-7-15-10(2)13/h4-5,8H,6-7H2,1-3H3. The average molecular weight is 208 g/mol. The van der Waals surface area contributed by atoms with Gasteiger partial charge in [0.2, 0.25) is 0 Å².